The number of hydrogen-bond acceptors (Lipinski definition) is 2. The van der Waals surface area contributed by atoms with Gasteiger partial charge in [0.15, 0.2) is 0 Å². The van der Waals surface area contributed by atoms with Crippen LogP contribution < -0.4 is 0 Å². The average Bonchev–Trinajstić information content (AvgIpc) is 2.82. The zero-order valence-electron chi connectivity index (χ0n) is 11.3. The number of fused-ring (bicyclic) bond motifs is 1. The molecule has 3 rings (SSSR count). The molecule has 0 saturated carbocycles. The number of nitrogens with zero attached hydrogens (tertiary/aromatic N) is 3. The van der Waals surface area contributed by atoms with Crippen LogP contribution >= 0.6 is 15.9 Å². The van der Waals surface area contributed by atoms with Gasteiger partial charge in [0.25, 0.3) is 0 Å². The molecule has 0 N–H and O–H groups in total. The van der Waals surface area contributed by atoms with Crippen LogP contribution in [0.2, 0.25) is 0 Å². The summed E-state index contributed by atoms with van der Waals surface area (Å²) in [5.74, 6) is 0.180. The van der Waals surface area contributed by atoms with E-state index in [-0.39, 0.29) is 5.91 Å². The summed E-state index contributed by atoms with van der Waals surface area (Å²) in [6.45, 7) is 1.43. The number of rotatable bonds is 2. The van der Waals surface area contributed by atoms with E-state index in [1.807, 2.05) is 47.1 Å². The van der Waals surface area contributed by atoms with Crippen LogP contribution in [0, 0.1) is 0 Å². The lowest BCUT2D eigenvalue weighted by atomic mass is 10.1. The summed E-state index contributed by atoms with van der Waals surface area (Å²) in [7, 11) is 1.98. The second-order valence-corrected chi connectivity index (χ2v) is 6.03. The van der Waals surface area contributed by atoms with Gasteiger partial charge in [-0.25, -0.2) is 4.98 Å². The van der Waals surface area contributed by atoms with E-state index >= 15 is 0 Å². The van der Waals surface area contributed by atoms with Crippen LogP contribution in [-0.2, 0) is 31.2 Å². The molecular weight excluding hydrogens is 318 g/mol. The summed E-state index contributed by atoms with van der Waals surface area (Å²) in [5, 5.41) is 0. The molecule has 1 aliphatic heterocycles. The number of hydrogen-bond donors (Lipinski definition) is 0. The Morgan fingerprint density at radius 2 is 2.10 bits per heavy atom. The number of halogens is 1. The molecule has 0 aliphatic carbocycles. The van der Waals surface area contributed by atoms with Crippen molar-refractivity contribution in [2.45, 2.75) is 19.4 Å². The van der Waals surface area contributed by atoms with Gasteiger partial charge in [0.1, 0.15) is 0 Å². The average molecular weight is 334 g/mol. The summed E-state index contributed by atoms with van der Waals surface area (Å²) >= 11 is 3.40. The highest BCUT2D eigenvalue weighted by Crippen LogP contribution is 2.18. The summed E-state index contributed by atoms with van der Waals surface area (Å²) in [4.78, 5) is 18.7. The summed E-state index contributed by atoms with van der Waals surface area (Å²) < 4.78 is 3.04. The molecule has 4 nitrogen and oxygen atoms in total. The van der Waals surface area contributed by atoms with Crippen LogP contribution in [0.5, 0.6) is 0 Å². The van der Waals surface area contributed by atoms with E-state index in [4.69, 9.17) is 0 Å². The lowest BCUT2D eigenvalue weighted by Gasteiger charge is -2.27. The predicted octanol–water partition coefficient (Wildman–Crippen LogP) is 2.31. The molecule has 0 bridgehead atoms. The van der Waals surface area contributed by atoms with Crippen molar-refractivity contribution >= 4 is 21.8 Å². The molecule has 0 spiro atoms. The first-order chi connectivity index (χ1) is 9.63. The van der Waals surface area contributed by atoms with Gasteiger partial charge in [-0.05, 0) is 17.7 Å². The molecule has 2 heterocycles. The number of aryl methyl sites for hydroxylation is 1. The number of carbonyl (C=O) groups is 1. The van der Waals surface area contributed by atoms with Crippen LogP contribution in [0.4, 0.5) is 0 Å². The molecule has 5 heteroatoms. The molecule has 20 heavy (non-hydrogen) atoms. The monoisotopic (exact) mass is 333 g/mol. The first kappa shape index (κ1) is 13.4. The fourth-order valence-electron chi connectivity index (χ4n) is 2.52. The van der Waals surface area contributed by atoms with Crippen LogP contribution in [0.25, 0.3) is 0 Å². The summed E-state index contributed by atoms with van der Waals surface area (Å²) in [6.07, 6.45) is 3.14. The molecule has 0 atom stereocenters. The zero-order valence-corrected chi connectivity index (χ0v) is 12.9. The molecule has 104 valence electrons. The first-order valence-corrected chi connectivity index (χ1v) is 7.44. The Morgan fingerprint density at radius 1 is 1.35 bits per heavy atom. The second kappa shape index (κ2) is 5.40. The van der Waals surface area contributed by atoms with Gasteiger partial charge in [-0.1, -0.05) is 28.1 Å². The van der Waals surface area contributed by atoms with E-state index in [1.54, 1.807) is 0 Å². The fraction of sp³-hybridized carbons (Fsp3) is 0.333. The number of amides is 1. The predicted molar refractivity (Wildman–Crippen MR) is 80.2 cm³/mol. The lowest BCUT2D eigenvalue weighted by molar-refractivity contribution is -0.131. The van der Waals surface area contributed by atoms with Crippen LogP contribution in [0.1, 0.15) is 17.0 Å². The largest absolute Gasteiger partial charge is 0.336 e. The Kier molecular flexibility index (Phi) is 3.61. The van der Waals surface area contributed by atoms with Crippen molar-refractivity contribution < 1.29 is 4.79 Å². The maximum atomic E-state index is 12.4. The van der Waals surface area contributed by atoms with E-state index in [2.05, 4.69) is 20.9 Å². The number of imidazole rings is 1. The van der Waals surface area contributed by atoms with Gasteiger partial charge in [0, 0.05) is 24.5 Å². The summed E-state index contributed by atoms with van der Waals surface area (Å²) in [5.41, 5.74) is 3.33. The molecule has 1 aliphatic rings. The van der Waals surface area contributed by atoms with Crippen molar-refractivity contribution in [3.8, 4) is 0 Å². The highest BCUT2D eigenvalue weighted by Gasteiger charge is 2.23. The third-order valence-corrected chi connectivity index (χ3v) is 4.25. The number of carbonyl (C=O) groups excluding carboxylic acids is 1. The lowest BCUT2D eigenvalue weighted by Crippen LogP contribution is -2.37. The molecule has 0 fully saturated rings. The first-order valence-electron chi connectivity index (χ1n) is 6.65. The Bertz CT molecular complexity index is 633. The molecule has 0 unspecified atom stereocenters. The van der Waals surface area contributed by atoms with Crippen molar-refractivity contribution in [3.63, 3.8) is 0 Å². The van der Waals surface area contributed by atoms with E-state index < -0.39 is 0 Å². The van der Waals surface area contributed by atoms with Crippen molar-refractivity contribution in [2.24, 2.45) is 7.05 Å². The molecule has 1 amide bonds. The van der Waals surface area contributed by atoms with Gasteiger partial charge in [0.2, 0.25) is 5.91 Å². The van der Waals surface area contributed by atoms with Gasteiger partial charge in [0.05, 0.1) is 30.7 Å². The third kappa shape index (κ3) is 2.63. The Balaban J connectivity index is 1.70. The second-order valence-electron chi connectivity index (χ2n) is 5.12. The molecular formula is C15H16BrN3O. The quantitative estimate of drug-likeness (QED) is 0.845. The van der Waals surface area contributed by atoms with E-state index in [9.17, 15) is 4.79 Å². The standard InChI is InChI=1S/C15H16BrN3O/c1-18-10-17-13-6-7-19(9-14(13)18)15(20)8-11-2-4-12(16)5-3-11/h2-5,10H,6-9H2,1H3. The highest BCUT2D eigenvalue weighted by molar-refractivity contribution is 9.10. The minimum atomic E-state index is 0.180. The van der Waals surface area contributed by atoms with Crippen LogP contribution in [0.15, 0.2) is 35.1 Å². The highest BCUT2D eigenvalue weighted by atomic mass is 79.9. The smallest absolute Gasteiger partial charge is 0.227 e. The Hall–Kier alpha value is -1.62. The van der Waals surface area contributed by atoms with Crippen molar-refractivity contribution in [1.29, 1.82) is 0 Å². The van der Waals surface area contributed by atoms with Gasteiger partial charge in [-0.2, -0.15) is 0 Å². The Labute approximate surface area is 126 Å². The minimum absolute atomic E-state index is 0.180. The summed E-state index contributed by atoms with van der Waals surface area (Å²) in [6, 6.07) is 7.92. The Morgan fingerprint density at radius 3 is 2.85 bits per heavy atom. The fourth-order valence-corrected chi connectivity index (χ4v) is 2.78. The van der Waals surface area contributed by atoms with Gasteiger partial charge >= 0.3 is 0 Å². The molecule has 1 aromatic carbocycles. The van der Waals surface area contributed by atoms with Gasteiger partial charge in [-0.15, -0.1) is 0 Å². The van der Waals surface area contributed by atoms with Gasteiger partial charge < -0.3 is 9.47 Å². The van der Waals surface area contributed by atoms with Crippen LogP contribution in [0.3, 0.4) is 0 Å². The molecule has 2 aromatic rings. The molecule has 0 saturated heterocycles. The number of benzene rings is 1. The molecule has 1 aromatic heterocycles. The van der Waals surface area contributed by atoms with Crippen molar-refractivity contribution in [3.05, 3.63) is 52.0 Å². The zero-order chi connectivity index (χ0) is 14.1. The topological polar surface area (TPSA) is 38.1 Å². The van der Waals surface area contributed by atoms with Gasteiger partial charge in [-0.3, -0.25) is 4.79 Å². The van der Waals surface area contributed by atoms with Crippen molar-refractivity contribution in [2.75, 3.05) is 6.54 Å². The third-order valence-electron chi connectivity index (χ3n) is 3.73. The van der Waals surface area contributed by atoms with Crippen molar-refractivity contribution in [1.82, 2.24) is 14.5 Å². The minimum Gasteiger partial charge on any atom is -0.336 e. The molecule has 0 radical (unpaired) electrons. The van der Waals surface area contributed by atoms with E-state index in [0.29, 0.717) is 13.0 Å². The SMILES string of the molecule is Cn1cnc2c1CN(C(=O)Cc1ccc(Br)cc1)CC2. The van der Waals surface area contributed by atoms with Crippen LogP contribution in [-0.4, -0.2) is 26.9 Å². The number of aromatic nitrogens is 2. The van der Waals surface area contributed by atoms with E-state index in [0.717, 1.165) is 34.4 Å². The maximum absolute atomic E-state index is 12.4. The van der Waals surface area contributed by atoms with E-state index in [1.165, 1.54) is 0 Å². The maximum Gasteiger partial charge on any atom is 0.227 e. The normalized spacial score (nSPS) is 14.2.